The lowest BCUT2D eigenvalue weighted by Gasteiger charge is -2.19. The van der Waals surface area contributed by atoms with Crippen LogP contribution in [0.25, 0.3) is 0 Å². The number of nitrogens with one attached hydrogen (secondary N) is 1. The summed E-state index contributed by atoms with van der Waals surface area (Å²) in [6.07, 6.45) is 2.19. The zero-order valence-corrected chi connectivity index (χ0v) is 11.9. The quantitative estimate of drug-likeness (QED) is 0.703. The second-order valence-corrected chi connectivity index (χ2v) is 4.83. The van der Waals surface area contributed by atoms with Gasteiger partial charge in [-0.2, -0.15) is 0 Å². The average molecular weight is 263 g/mol. The Kier molecular flexibility index (Phi) is 6.97. The van der Waals surface area contributed by atoms with Crippen molar-refractivity contribution in [3.63, 3.8) is 0 Å². The highest BCUT2D eigenvalue weighted by atomic mass is 16.1. The second-order valence-electron chi connectivity index (χ2n) is 4.83. The van der Waals surface area contributed by atoms with Gasteiger partial charge in [-0.3, -0.25) is 4.79 Å². The predicted molar refractivity (Wildman–Crippen MR) is 80.2 cm³/mol. The molecule has 1 amide bonds. The summed E-state index contributed by atoms with van der Waals surface area (Å²) in [5, 5.41) is 2.91. The van der Waals surface area contributed by atoms with E-state index in [1.54, 1.807) is 0 Å². The highest BCUT2D eigenvalue weighted by Crippen LogP contribution is 2.10. The van der Waals surface area contributed by atoms with Crippen LogP contribution in [0.15, 0.2) is 30.3 Å². The second kappa shape index (κ2) is 8.53. The fraction of sp³-hybridized carbons (Fsp3) is 0.533. The zero-order chi connectivity index (χ0) is 14.1. The number of carbonyl (C=O) groups is 1. The maximum Gasteiger partial charge on any atom is 0.221 e. The number of nitrogens with zero attached hydrogens (tertiary/aromatic N) is 1. The average Bonchev–Trinajstić information content (AvgIpc) is 2.44. The molecule has 1 aromatic carbocycles. The molecule has 0 aromatic heterocycles. The van der Waals surface area contributed by atoms with Gasteiger partial charge in [-0.15, -0.1) is 0 Å². The van der Waals surface area contributed by atoms with Crippen LogP contribution >= 0.6 is 0 Å². The first-order valence-electron chi connectivity index (χ1n) is 6.92. The molecule has 0 radical (unpaired) electrons. The predicted octanol–water partition coefficient (Wildman–Crippen LogP) is 1.76. The van der Waals surface area contributed by atoms with E-state index in [0.29, 0.717) is 13.0 Å². The van der Waals surface area contributed by atoms with Gasteiger partial charge in [0.25, 0.3) is 0 Å². The summed E-state index contributed by atoms with van der Waals surface area (Å²) < 4.78 is 0. The number of hydrogen-bond donors (Lipinski definition) is 2. The van der Waals surface area contributed by atoms with Crippen molar-refractivity contribution in [2.75, 3.05) is 25.0 Å². The molecule has 1 rings (SSSR count). The van der Waals surface area contributed by atoms with Crippen molar-refractivity contribution in [3.8, 4) is 0 Å². The fourth-order valence-electron chi connectivity index (χ4n) is 1.81. The minimum atomic E-state index is -0.0213. The van der Waals surface area contributed by atoms with Crippen molar-refractivity contribution in [1.29, 1.82) is 0 Å². The van der Waals surface area contributed by atoms with Gasteiger partial charge in [0.2, 0.25) is 5.91 Å². The van der Waals surface area contributed by atoms with Gasteiger partial charge < -0.3 is 16.0 Å². The third-order valence-corrected chi connectivity index (χ3v) is 3.16. The molecule has 0 bridgehead atoms. The lowest BCUT2D eigenvalue weighted by Crippen LogP contribution is -2.33. The van der Waals surface area contributed by atoms with E-state index in [4.69, 9.17) is 5.73 Å². The normalized spacial score (nSPS) is 11.9. The molecule has 1 aromatic rings. The van der Waals surface area contributed by atoms with Gasteiger partial charge in [-0.05, 0) is 25.0 Å². The van der Waals surface area contributed by atoms with Gasteiger partial charge in [0.1, 0.15) is 0 Å². The molecule has 19 heavy (non-hydrogen) atoms. The van der Waals surface area contributed by atoms with Crippen molar-refractivity contribution in [1.82, 2.24) is 5.32 Å². The summed E-state index contributed by atoms with van der Waals surface area (Å²) >= 11 is 0. The molecule has 4 nitrogen and oxygen atoms in total. The molecule has 1 unspecified atom stereocenters. The van der Waals surface area contributed by atoms with Crippen molar-refractivity contribution < 1.29 is 4.79 Å². The first kappa shape index (κ1) is 15.5. The number of benzene rings is 1. The molecule has 0 spiro atoms. The molecule has 0 saturated carbocycles. The topological polar surface area (TPSA) is 58.4 Å². The number of carbonyl (C=O) groups excluding carboxylic acids is 1. The summed E-state index contributed by atoms with van der Waals surface area (Å²) in [5.74, 6) is 0.0525. The SMILES string of the molecule is CCC(N)CC(=O)NCCCN(C)c1ccccc1. The van der Waals surface area contributed by atoms with Crippen molar-refractivity contribution in [3.05, 3.63) is 30.3 Å². The number of rotatable bonds is 8. The van der Waals surface area contributed by atoms with Crippen LogP contribution in [0.2, 0.25) is 0 Å². The minimum absolute atomic E-state index is 0.0213. The first-order chi connectivity index (χ1) is 9.13. The van der Waals surface area contributed by atoms with Crippen molar-refractivity contribution >= 4 is 11.6 Å². The standard InChI is InChI=1S/C15H25N3O/c1-3-13(16)12-15(19)17-10-7-11-18(2)14-8-5-4-6-9-14/h4-6,8-9,13H,3,7,10-12,16H2,1-2H3,(H,17,19). The van der Waals surface area contributed by atoms with Gasteiger partial charge in [-0.25, -0.2) is 0 Å². The Morgan fingerprint density at radius 1 is 1.37 bits per heavy atom. The Bertz CT molecular complexity index is 367. The summed E-state index contributed by atoms with van der Waals surface area (Å²) in [6, 6.07) is 10.2. The van der Waals surface area contributed by atoms with Gasteiger partial charge >= 0.3 is 0 Å². The van der Waals surface area contributed by atoms with Crippen LogP contribution in [0.1, 0.15) is 26.2 Å². The summed E-state index contributed by atoms with van der Waals surface area (Å²) in [6.45, 7) is 3.61. The van der Waals surface area contributed by atoms with E-state index < -0.39 is 0 Å². The van der Waals surface area contributed by atoms with E-state index in [1.807, 2.05) is 25.1 Å². The highest BCUT2D eigenvalue weighted by Gasteiger charge is 2.06. The minimum Gasteiger partial charge on any atom is -0.375 e. The van der Waals surface area contributed by atoms with E-state index in [-0.39, 0.29) is 11.9 Å². The first-order valence-corrected chi connectivity index (χ1v) is 6.92. The summed E-state index contributed by atoms with van der Waals surface area (Å²) in [5.41, 5.74) is 6.93. The van der Waals surface area contributed by atoms with Crippen LogP contribution in [0.5, 0.6) is 0 Å². The Labute approximate surface area is 116 Å². The van der Waals surface area contributed by atoms with E-state index in [2.05, 4.69) is 29.4 Å². The van der Waals surface area contributed by atoms with Gasteiger partial charge in [0.15, 0.2) is 0 Å². The van der Waals surface area contributed by atoms with E-state index in [1.165, 1.54) is 5.69 Å². The van der Waals surface area contributed by atoms with Crippen LogP contribution in [-0.2, 0) is 4.79 Å². The zero-order valence-electron chi connectivity index (χ0n) is 11.9. The van der Waals surface area contributed by atoms with Crippen LogP contribution in [-0.4, -0.2) is 32.1 Å². The third kappa shape index (κ3) is 6.25. The van der Waals surface area contributed by atoms with Crippen LogP contribution in [0, 0.1) is 0 Å². The molecule has 4 heteroatoms. The van der Waals surface area contributed by atoms with Crippen LogP contribution < -0.4 is 16.0 Å². The molecular formula is C15H25N3O. The van der Waals surface area contributed by atoms with Crippen molar-refractivity contribution in [2.45, 2.75) is 32.2 Å². The van der Waals surface area contributed by atoms with Crippen LogP contribution in [0.4, 0.5) is 5.69 Å². The fourth-order valence-corrected chi connectivity index (χ4v) is 1.81. The molecule has 106 valence electrons. The smallest absolute Gasteiger partial charge is 0.221 e. The highest BCUT2D eigenvalue weighted by molar-refractivity contribution is 5.76. The van der Waals surface area contributed by atoms with E-state index in [0.717, 1.165) is 19.4 Å². The van der Waals surface area contributed by atoms with Crippen LogP contribution in [0.3, 0.4) is 0 Å². The Balaban J connectivity index is 2.15. The number of amides is 1. The molecule has 0 aliphatic heterocycles. The Hall–Kier alpha value is -1.55. The lowest BCUT2D eigenvalue weighted by atomic mass is 10.1. The molecule has 0 aliphatic rings. The molecule has 0 fully saturated rings. The van der Waals surface area contributed by atoms with Crippen molar-refractivity contribution in [2.24, 2.45) is 5.73 Å². The molecule has 0 aliphatic carbocycles. The lowest BCUT2D eigenvalue weighted by molar-refractivity contribution is -0.121. The molecule has 1 atom stereocenters. The third-order valence-electron chi connectivity index (χ3n) is 3.16. The van der Waals surface area contributed by atoms with E-state index in [9.17, 15) is 4.79 Å². The Morgan fingerprint density at radius 2 is 2.05 bits per heavy atom. The van der Waals surface area contributed by atoms with Gasteiger partial charge in [-0.1, -0.05) is 25.1 Å². The Morgan fingerprint density at radius 3 is 2.68 bits per heavy atom. The number of anilines is 1. The van der Waals surface area contributed by atoms with Gasteiger partial charge in [0.05, 0.1) is 0 Å². The molecule has 3 N–H and O–H groups in total. The summed E-state index contributed by atoms with van der Waals surface area (Å²) in [7, 11) is 2.06. The maximum atomic E-state index is 11.5. The number of hydrogen-bond acceptors (Lipinski definition) is 3. The molecular weight excluding hydrogens is 238 g/mol. The molecule has 0 heterocycles. The number of nitrogens with two attached hydrogens (primary N) is 1. The summed E-state index contributed by atoms with van der Waals surface area (Å²) in [4.78, 5) is 13.7. The monoisotopic (exact) mass is 263 g/mol. The van der Waals surface area contributed by atoms with Gasteiger partial charge in [0, 0.05) is 38.3 Å². The maximum absolute atomic E-state index is 11.5. The van der Waals surface area contributed by atoms with E-state index >= 15 is 0 Å². The largest absolute Gasteiger partial charge is 0.375 e. The molecule has 0 saturated heterocycles. The number of para-hydroxylation sites is 1.